The van der Waals surface area contributed by atoms with Gasteiger partial charge in [-0.2, -0.15) is 5.06 Å². The number of hydrogen-bond acceptors (Lipinski definition) is 6. The van der Waals surface area contributed by atoms with Gasteiger partial charge in [-0.25, -0.2) is 0 Å². The van der Waals surface area contributed by atoms with Crippen molar-refractivity contribution in [3.8, 4) is 11.5 Å². The fourth-order valence-corrected chi connectivity index (χ4v) is 7.15. The third-order valence-corrected chi connectivity index (χ3v) is 8.84. The van der Waals surface area contributed by atoms with Crippen molar-refractivity contribution in [2.75, 3.05) is 26.3 Å². The minimum Gasteiger partial charge on any atom is -0.504 e. The van der Waals surface area contributed by atoms with Gasteiger partial charge in [-0.15, -0.1) is 0 Å². The maximum Gasteiger partial charge on any atom is 0.223 e. The second kappa shape index (κ2) is 12.3. The van der Waals surface area contributed by atoms with Crippen LogP contribution in [0, 0.1) is 0 Å². The average Bonchev–Trinajstić information content (AvgIpc) is 2.94. The van der Waals surface area contributed by atoms with E-state index in [9.17, 15) is 9.90 Å². The van der Waals surface area contributed by atoms with E-state index in [1.807, 2.05) is 31.2 Å². The van der Waals surface area contributed by atoms with Crippen molar-refractivity contribution >= 4 is 5.91 Å². The zero-order chi connectivity index (χ0) is 27.4. The summed E-state index contributed by atoms with van der Waals surface area (Å²) in [6, 6.07) is 16.7. The number of hydrogen-bond donors (Lipinski definition) is 2. The first-order chi connectivity index (χ1) is 18.9. The smallest absolute Gasteiger partial charge is 0.223 e. The number of para-hydroxylation sites is 1. The summed E-state index contributed by atoms with van der Waals surface area (Å²) < 4.78 is 5.83. The van der Waals surface area contributed by atoms with Gasteiger partial charge in [0, 0.05) is 48.6 Å². The number of likely N-dealkylation sites (tertiary alicyclic amines) is 1. The van der Waals surface area contributed by atoms with Crippen LogP contribution in [0.25, 0.3) is 0 Å². The maximum absolute atomic E-state index is 13.9. The highest BCUT2D eigenvalue weighted by Gasteiger charge is 2.53. The molecule has 3 fully saturated rings. The largest absolute Gasteiger partial charge is 0.504 e. The molecule has 1 aliphatic carbocycles. The summed E-state index contributed by atoms with van der Waals surface area (Å²) in [4.78, 5) is 22.7. The Morgan fingerprint density at radius 3 is 2.41 bits per heavy atom. The maximum atomic E-state index is 13.9. The topological polar surface area (TPSA) is 74.3 Å². The summed E-state index contributed by atoms with van der Waals surface area (Å²) in [6.07, 6.45) is 6.56. The molecule has 2 aromatic carbocycles. The van der Waals surface area contributed by atoms with Crippen LogP contribution in [0.3, 0.4) is 0 Å². The summed E-state index contributed by atoms with van der Waals surface area (Å²) in [7, 11) is 0. The Morgan fingerprint density at radius 1 is 1.00 bits per heavy atom. The number of ether oxygens (including phenoxy) is 1. The van der Waals surface area contributed by atoms with Crippen molar-refractivity contribution < 1.29 is 19.5 Å². The van der Waals surface area contributed by atoms with E-state index in [4.69, 9.17) is 9.57 Å². The molecule has 0 spiro atoms. The van der Waals surface area contributed by atoms with E-state index in [2.05, 4.69) is 53.4 Å². The Kier molecular flexibility index (Phi) is 8.79. The van der Waals surface area contributed by atoms with Crippen LogP contribution in [-0.4, -0.2) is 65.4 Å². The number of phenols is 1. The Balaban J connectivity index is 1.63. The molecule has 2 heterocycles. The highest BCUT2D eigenvalue weighted by molar-refractivity contribution is 5.79. The van der Waals surface area contributed by atoms with Crippen molar-refractivity contribution in [3.63, 3.8) is 0 Å². The number of benzene rings is 2. The van der Waals surface area contributed by atoms with Gasteiger partial charge in [0.15, 0.2) is 11.5 Å². The van der Waals surface area contributed by atoms with Gasteiger partial charge in [0.25, 0.3) is 0 Å². The van der Waals surface area contributed by atoms with Gasteiger partial charge < -0.3 is 20.1 Å². The highest BCUT2D eigenvalue weighted by Crippen LogP contribution is 2.53. The van der Waals surface area contributed by atoms with Gasteiger partial charge in [0.1, 0.15) is 0 Å². The Labute approximate surface area is 233 Å². The van der Waals surface area contributed by atoms with E-state index in [0.717, 1.165) is 49.9 Å². The normalized spacial score (nSPS) is 28.9. The van der Waals surface area contributed by atoms with Crippen LogP contribution in [0.4, 0.5) is 0 Å². The fraction of sp³-hybridized carbons (Fsp3) is 0.594. The summed E-state index contributed by atoms with van der Waals surface area (Å²) in [5.74, 6) is 0.762. The monoisotopic (exact) mass is 535 g/mol. The van der Waals surface area contributed by atoms with Gasteiger partial charge in [-0.1, -0.05) is 61.7 Å². The number of amides is 1. The van der Waals surface area contributed by atoms with Crippen molar-refractivity contribution in [3.05, 3.63) is 59.7 Å². The van der Waals surface area contributed by atoms with Crippen LogP contribution in [0.5, 0.6) is 11.5 Å². The third kappa shape index (κ3) is 5.81. The van der Waals surface area contributed by atoms with Crippen molar-refractivity contribution in [2.45, 2.75) is 95.3 Å². The SMILES string of the molecule is CCOc1cccc(C2N(C3CCCCC3)C(=O)CCC2(CON2CC(C)N[C@H](C)C2)c2ccccc2)c1O. The van der Waals surface area contributed by atoms with Crippen LogP contribution in [0.15, 0.2) is 48.5 Å². The molecule has 2 aromatic rings. The van der Waals surface area contributed by atoms with E-state index in [0.29, 0.717) is 43.9 Å². The molecule has 7 heteroatoms. The molecular weight excluding hydrogens is 490 g/mol. The Hall–Kier alpha value is -2.61. The van der Waals surface area contributed by atoms with E-state index in [1.54, 1.807) is 0 Å². The molecule has 3 aliphatic rings. The zero-order valence-corrected chi connectivity index (χ0v) is 23.8. The molecule has 1 amide bonds. The molecule has 0 bridgehead atoms. The second-order valence-corrected chi connectivity index (χ2v) is 11.7. The van der Waals surface area contributed by atoms with Gasteiger partial charge in [-0.05, 0) is 51.7 Å². The quantitative estimate of drug-likeness (QED) is 0.476. The summed E-state index contributed by atoms with van der Waals surface area (Å²) >= 11 is 0. The Morgan fingerprint density at radius 2 is 1.72 bits per heavy atom. The third-order valence-electron chi connectivity index (χ3n) is 8.84. The molecule has 3 unspecified atom stereocenters. The molecule has 0 radical (unpaired) electrons. The Bertz CT molecular complexity index is 1100. The number of carbonyl (C=O) groups excluding carboxylic acids is 1. The highest BCUT2D eigenvalue weighted by atomic mass is 16.7. The predicted octanol–water partition coefficient (Wildman–Crippen LogP) is 5.34. The number of carbonyl (C=O) groups is 1. The number of piperidine rings is 1. The lowest BCUT2D eigenvalue weighted by Crippen LogP contribution is -2.59. The van der Waals surface area contributed by atoms with Crippen LogP contribution in [0.1, 0.15) is 82.9 Å². The van der Waals surface area contributed by atoms with Crippen LogP contribution in [0.2, 0.25) is 0 Å². The average molecular weight is 536 g/mol. The minimum absolute atomic E-state index is 0.129. The number of nitrogens with one attached hydrogen (secondary N) is 1. The standard InChI is InChI=1S/C32H45N3O4/c1-4-38-28-17-11-16-27(30(28)37)31-32(25-12-7-5-8-13-25,22-39-34-20-23(2)33-24(3)21-34)19-18-29(36)35(31)26-14-9-6-10-15-26/h5,7-8,11-13,16-17,23-24,26,31,33,37H,4,6,9-10,14-15,18-22H2,1-3H3/t23-,24?,31?,32?/m1/s1. The minimum atomic E-state index is -0.535. The van der Waals surface area contributed by atoms with Crippen molar-refractivity contribution in [1.82, 2.24) is 15.3 Å². The molecule has 5 rings (SSSR count). The lowest BCUT2D eigenvalue weighted by atomic mass is 9.65. The van der Waals surface area contributed by atoms with E-state index in [-0.39, 0.29) is 23.7 Å². The van der Waals surface area contributed by atoms with Gasteiger partial charge in [-0.3, -0.25) is 9.63 Å². The van der Waals surface area contributed by atoms with Gasteiger partial charge >= 0.3 is 0 Å². The molecular formula is C32H45N3O4. The van der Waals surface area contributed by atoms with E-state index < -0.39 is 5.41 Å². The first kappa shape index (κ1) is 27.9. The molecule has 4 atom stereocenters. The summed E-state index contributed by atoms with van der Waals surface area (Å²) in [6.45, 7) is 8.77. The lowest BCUT2D eigenvalue weighted by molar-refractivity contribution is -0.202. The first-order valence-corrected chi connectivity index (χ1v) is 14.9. The molecule has 212 valence electrons. The molecule has 0 aromatic heterocycles. The van der Waals surface area contributed by atoms with Crippen LogP contribution < -0.4 is 10.1 Å². The fourth-order valence-electron chi connectivity index (χ4n) is 7.15. The molecule has 1 saturated carbocycles. The van der Waals surface area contributed by atoms with Crippen LogP contribution >= 0.6 is 0 Å². The van der Waals surface area contributed by atoms with E-state index in [1.165, 1.54) is 6.42 Å². The number of rotatable bonds is 8. The number of piperazine rings is 1. The summed E-state index contributed by atoms with van der Waals surface area (Å²) in [5.41, 5.74) is 1.35. The van der Waals surface area contributed by atoms with Crippen molar-refractivity contribution in [1.29, 1.82) is 0 Å². The predicted molar refractivity (Wildman–Crippen MR) is 153 cm³/mol. The van der Waals surface area contributed by atoms with E-state index >= 15 is 0 Å². The lowest BCUT2D eigenvalue weighted by Gasteiger charge is -2.54. The second-order valence-electron chi connectivity index (χ2n) is 11.7. The molecule has 2 saturated heterocycles. The number of hydroxylamine groups is 2. The molecule has 7 nitrogen and oxygen atoms in total. The van der Waals surface area contributed by atoms with Crippen molar-refractivity contribution in [2.24, 2.45) is 0 Å². The summed E-state index contributed by atoms with van der Waals surface area (Å²) in [5, 5.41) is 17.3. The molecule has 39 heavy (non-hydrogen) atoms. The zero-order valence-electron chi connectivity index (χ0n) is 23.8. The first-order valence-electron chi connectivity index (χ1n) is 14.9. The molecule has 2 aliphatic heterocycles. The van der Waals surface area contributed by atoms with Crippen LogP contribution in [-0.2, 0) is 15.0 Å². The number of nitrogens with zero attached hydrogens (tertiary/aromatic N) is 2. The van der Waals surface area contributed by atoms with Gasteiger partial charge in [0.2, 0.25) is 5.91 Å². The van der Waals surface area contributed by atoms with Gasteiger partial charge in [0.05, 0.1) is 19.3 Å². The number of aromatic hydroxyl groups is 1. The number of phenolic OH excluding ortho intramolecular Hbond substituents is 1. The molecule has 2 N–H and O–H groups in total.